The van der Waals surface area contributed by atoms with Crippen LogP contribution in [0.1, 0.15) is 26.7 Å². The van der Waals surface area contributed by atoms with Crippen molar-refractivity contribution in [2.45, 2.75) is 26.7 Å². The van der Waals surface area contributed by atoms with Gasteiger partial charge >= 0.3 is 0 Å². The molecule has 0 aliphatic carbocycles. The Hall–Kier alpha value is -2.24. The molecule has 0 radical (unpaired) electrons. The van der Waals surface area contributed by atoms with E-state index in [0.717, 1.165) is 45.6 Å². The second-order valence-electron chi connectivity index (χ2n) is 6.69. The fraction of sp³-hybridized carbons (Fsp3) is 0.600. The normalized spacial score (nSPS) is 15.3. The highest BCUT2D eigenvalue weighted by Gasteiger charge is 2.21. The van der Waals surface area contributed by atoms with E-state index >= 15 is 0 Å². The van der Waals surface area contributed by atoms with Crippen molar-refractivity contribution in [3.63, 3.8) is 0 Å². The Morgan fingerprint density at radius 2 is 1.73 bits per heavy atom. The van der Waals surface area contributed by atoms with Crippen LogP contribution in [-0.4, -0.2) is 63.1 Å². The maximum Gasteiger partial charge on any atom is 0.242 e. The number of amides is 1. The molecule has 1 aliphatic rings. The van der Waals surface area contributed by atoms with Gasteiger partial charge in [0.25, 0.3) is 0 Å². The van der Waals surface area contributed by atoms with E-state index in [1.165, 1.54) is 5.69 Å². The highest BCUT2D eigenvalue weighted by Crippen LogP contribution is 2.15. The molecule has 0 unspecified atom stereocenters. The number of piperazine rings is 1. The average Bonchev–Trinajstić information content (AvgIpc) is 2.71. The number of guanidine groups is 1. The highest BCUT2D eigenvalue weighted by molar-refractivity contribution is 5.86. The van der Waals surface area contributed by atoms with Crippen LogP contribution in [0.3, 0.4) is 0 Å². The summed E-state index contributed by atoms with van der Waals surface area (Å²) in [5.41, 5.74) is 1.23. The number of aliphatic imine (C=N–C) groups is 1. The number of nitrogens with zero attached hydrogens (tertiary/aromatic N) is 3. The van der Waals surface area contributed by atoms with Crippen LogP contribution < -0.4 is 15.5 Å². The van der Waals surface area contributed by atoms with Gasteiger partial charge in [-0.05, 0) is 18.1 Å². The summed E-state index contributed by atoms with van der Waals surface area (Å²) < 4.78 is 0. The second-order valence-corrected chi connectivity index (χ2v) is 6.69. The maximum atomic E-state index is 12.5. The molecule has 6 heteroatoms. The zero-order valence-corrected chi connectivity index (χ0v) is 16.4. The topological polar surface area (TPSA) is 60.0 Å². The molecule has 144 valence electrons. The molecular formula is C20H33N5O. The van der Waals surface area contributed by atoms with Crippen molar-refractivity contribution < 1.29 is 4.79 Å². The third-order valence-electron chi connectivity index (χ3n) is 5.10. The van der Waals surface area contributed by atoms with Crippen LogP contribution in [-0.2, 0) is 4.79 Å². The Balaban J connectivity index is 1.73. The zero-order valence-electron chi connectivity index (χ0n) is 16.4. The number of rotatable bonds is 7. The lowest BCUT2D eigenvalue weighted by Crippen LogP contribution is -2.52. The highest BCUT2D eigenvalue weighted by atomic mass is 16.2. The first-order valence-corrected chi connectivity index (χ1v) is 9.70. The molecule has 6 nitrogen and oxygen atoms in total. The van der Waals surface area contributed by atoms with Crippen LogP contribution in [0.4, 0.5) is 5.69 Å². The summed E-state index contributed by atoms with van der Waals surface area (Å²) >= 11 is 0. The van der Waals surface area contributed by atoms with Gasteiger partial charge in [0.05, 0.1) is 6.54 Å². The first-order valence-electron chi connectivity index (χ1n) is 9.70. The van der Waals surface area contributed by atoms with E-state index in [1.807, 2.05) is 11.0 Å². The minimum absolute atomic E-state index is 0.128. The largest absolute Gasteiger partial charge is 0.368 e. The fourth-order valence-corrected chi connectivity index (χ4v) is 3.16. The van der Waals surface area contributed by atoms with E-state index in [4.69, 9.17) is 0 Å². The molecule has 1 amide bonds. The number of hydrogen-bond acceptors (Lipinski definition) is 3. The lowest BCUT2D eigenvalue weighted by atomic mass is 10.0. The van der Waals surface area contributed by atoms with Crippen LogP contribution in [0.5, 0.6) is 0 Å². The third kappa shape index (κ3) is 5.93. The molecule has 0 bridgehead atoms. The number of benzene rings is 1. The molecule has 1 aliphatic heterocycles. The molecule has 26 heavy (non-hydrogen) atoms. The molecule has 2 N–H and O–H groups in total. The summed E-state index contributed by atoms with van der Waals surface area (Å²) in [6.07, 6.45) is 2.29. The molecule has 0 saturated carbocycles. The summed E-state index contributed by atoms with van der Waals surface area (Å²) in [7, 11) is 1.74. The molecular weight excluding hydrogens is 326 g/mol. The van der Waals surface area contributed by atoms with Gasteiger partial charge in [0.15, 0.2) is 5.96 Å². The van der Waals surface area contributed by atoms with E-state index in [-0.39, 0.29) is 12.5 Å². The Morgan fingerprint density at radius 1 is 1.08 bits per heavy atom. The molecule has 1 saturated heterocycles. The fourth-order valence-electron chi connectivity index (χ4n) is 3.16. The number of carbonyl (C=O) groups is 1. The van der Waals surface area contributed by atoms with E-state index in [9.17, 15) is 4.79 Å². The van der Waals surface area contributed by atoms with Crippen LogP contribution in [0.15, 0.2) is 35.3 Å². The predicted molar refractivity (Wildman–Crippen MR) is 109 cm³/mol. The van der Waals surface area contributed by atoms with Gasteiger partial charge in [0, 0.05) is 45.5 Å². The molecule has 0 aromatic heterocycles. The number of anilines is 1. The quantitative estimate of drug-likeness (QED) is 0.577. The summed E-state index contributed by atoms with van der Waals surface area (Å²) in [6, 6.07) is 10.4. The van der Waals surface area contributed by atoms with Gasteiger partial charge in [0.1, 0.15) is 0 Å². The van der Waals surface area contributed by atoms with Crippen LogP contribution in [0, 0.1) is 5.92 Å². The van der Waals surface area contributed by atoms with E-state index in [0.29, 0.717) is 11.9 Å². The summed E-state index contributed by atoms with van der Waals surface area (Å²) in [5, 5.41) is 6.47. The van der Waals surface area contributed by atoms with Crippen molar-refractivity contribution in [1.29, 1.82) is 0 Å². The Labute approximate surface area is 157 Å². The van der Waals surface area contributed by atoms with Crippen LogP contribution >= 0.6 is 0 Å². The maximum absolute atomic E-state index is 12.5. The van der Waals surface area contributed by atoms with Crippen molar-refractivity contribution in [3.8, 4) is 0 Å². The molecule has 1 fully saturated rings. The molecule has 1 aromatic rings. The Morgan fingerprint density at radius 3 is 2.31 bits per heavy atom. The Kier molecular flexibility index (Phi) is 8.25. The van der Waals surface area contributed by atoms with Crippen molar-refractivity contribution in [2.75, 3.05) is 51.2 Å². The smallest absolute Gasteiger partial charge is 0.242 e. The summed E-state index contributed by atoms with van der Waals surface area (Å²) in [5.74, 6) is 1.46. The third-order valence-corrected chi connectivity index (χ3v) is 5.10. The number of carbonyl (C=O) groups excluding carboxylic acids is 1. The molecule has 1 heterocycles. The molecule has 1 aromatic carbocycles. The molecule has 2 rings (SSSR count). The van der Waals surface area contributed by atoms with E-state index in [1.54, 1.807) is 7.05 Å². The predicted octanol–water partition coefficient (Wildman–Crippen LogP) is 1.94. The lowest BCUT2D eigenvalue weighted by Gasteiger charge is -2.36. The number of hydrogen-bond donors (Lipinski definition) is 2. The van der Waals surface area contributed by atoms with Crippen LogP contribution in [0.25, 0.3) is 0 Å². The first kappa shape index (κ1) is 20.1. The average molecular weight is 360 g/mol. The Bertz CT molecular complexity index is 563. The van der Waals surface area contributed by atoms with Crippen LogP contribution in [0.2, 0.25) is 0 Å². The summed E-state index contributed by atoms with van der Waals surface area (Å²) in [4.78, 5) is 20.9. The number of para-hydroxylation sites is 1. The van der Waals surface area contributed by atoms with Crippen molar-refractivity contribution in [2.24, 2.45) is 10.9 Å². The van der Waals surface area contributed by atoms with Gasteiger partial charge in [-0.15, -0.1) is 0 Å². The molecule has 0 spiro atoms. The van der Waals surface area contributed by atoms with E-state index in [2.05, 4.69) is 58.6 Å². The first-order chi connectivity index (χ1) is 12.7. The van der Waals surface area contributed by atoms with Gasteiger partial charge < -0.3 is 20.4 Å². The number of nitrogens with one attached hydrogen (secondary N) is 2. The van der Waals surface area contributed by atoms with Gasteiger partial charge in [-0.2, -0.15) is 0 Å². The standard InChI is InChI=1S/C20H33N5O/c1-4-17(5-2)15-22-20(21-3)23-16-19(26)25-13-11-24(12-14-25)18-9-7-6-8-10-18/h6-10,17H,4-5,11-16H2,1-3H3,(H2,21,22,23). The minimum Gasteiger partial charge on any atom is -0.368 e. The van der Waals surface area contributed by atoms with Gasteiger partial charge in [-0.3, -0.25) is 9.79 Å². The van der Waals surface area contributed by atoms with Crippen molar-refractivity contribution in [3.05, 3.63) is 30.3 Å². The van der Waals surface area contributed by atoms with Gasteiger partial charge in [-0.1, -0.05) is 44.9 Å². The summed E-state index contributed by atoms with van der Waals surface area (Å²) in [6.45, 7) is 8.83. The lowest BCUT2D eigenvalue weighted by molar-refractivity contribution is -0.130. The SMILES string of the molecule is CCC(CC)CNC(=NC)NCC(=O)N1CCN(c2ccccc2)CC1. The van der Waals surface area contributed by atoms with Crippen molar-refractivity contribution >= 4 is 17.6 Å². The van der Waals surface area contributed by atoms with Gasteiger partial charge in [-0.25, -0.2) is 0 Å². The van der Waals surface area contributed by atoms with Gasteiger partial charge in [0.2, 0.25) is 5.91 Å². The minimum atomic E-state index is 0.128. The zero-order chi connectivity index (χ0) is 18.8. The van der Waals surface area contributed by atoms with E-state index < -0.39 is 0 Å². The monoisotopic (exact) mass is 359 g/mol. The van der Waals surface area contributed by atoms with Crippen molar-refractivity contribution in [1.82, 2.24) is 15.5 Å². The second kappa shape index (κ2) is 10.7. The molecule has 0 atom stereocenters.